The molecule has 156 valence electrons. The van der Waals surface area contributed by atoms with E-state index in [0.29, 0.717) is 28.8 Å². The smallest absolute Gasteiger partial charge is 0.277 e. The summed E-state index contributed by atoms with van der Waals surface area (Å²) < 4.78 is 5.76. The molecule has 1 atom stereocenters. The molecule has 3 aromatic rings. The van der Waals surface area contributed by atoms with Crippen LogP contribution < -0.4 is 5.32 Å². The monoisotopic (exact) mass is 423 g/mol. The Labute approximate surface area is 180 Å². The van der Waals surface area contributed by atoms with E-state index in [9.17, 15) is 9.59 Å². The number of ketones is 1. The largest absolute Gasteiger partial charge is 0.411 e. The summed E-state index contributed by atoms with van der Waals surface area (Å²) in [7, 11) is 0. The fourth-order valence-electron chi connectivity index (χ4n) is 3.08. The topological polar surface area (TPSA) is 85.1 Å². The number of anilines is 1. The van der Waals surface area contributed by atoms with Gasteiger partial charge in [-0.3, -0.25) is 9.59 Å². The molecule has 0 bridgehead atoms. The highest BCUT2D eigenvalue weighted by molar-refractivity contribution is 8.00. The number of aromatic nitrogens is 2. The molecule has 0 aliphatic rings. The number of carbonyl (C=O) groups excluding carboxylic acids is 2. The van der Waals surface area contributed by atoms with Gasteiger partial charge in [-0.25, -0.2) is 0 Å². The molecule has 0 saturated carbocycles. The van der Waals surface area contributed by atoms with Crippen molar-refractivity contribution in [2.75, 3.05) is 5.32 Å². The average Bonchev–Trinajstić information content (AvgIpc) is 3.16. The predicted octanol–water partition coefficient (Wildman–Crippen LogP) is 5.46. The number of benzene rings is 2. The van der Waals surface area contributed by atoms with Crippen molar-refractivity contribution in [1.29, 1.82) is 0 Å². The molecule has 0 aliphatic heterocycles. The van der Waals surface area contributed by atoms with Crippen molar-refractivity contribution in [2.24, 2.45) is 0 Å². The van der Waals surface area contributed by atoms with Crippen LogP contribution in [0, 0.1) is 13.8 Å². The fourth-order valence-corrected chi connectivity index (χ4v) is 3.84. The Balaban J connectivity index is 1.64. The Morgan fingerprint density at radius 2 is 1.73 bits per heavy atom. The molecule has 0 radical (unpaired) electrons. The number of amides is 1. The number of nitrogens with zero attached hydrogens (tertiary/aromatic N) is 2. The highest BCUT2D eigenvalue weighted by Gasteiger charge is 2.20. The Hall–Kier alpha value is -2.93. The third-order valence-electron chi connectivity index (χ3n) is 4.45. The van der Waals surface area contributed by atoms with E-state index in [1.165, 1.54) is 11.8 Å². The quantitative estimate of drug-likeness (QED) is 0.383. The molecule has 0 spiro atoms. The number of carbonyl (C=O) groups is 2. The van der Waals surface area contributed by atoms with Crippen LogP contribution in [-0.2, 0) is 4.79 Å². The van der Waals surface area contributed by atoms with Crippen LogP contribution in [0.3, 0.4) is 0 Å². The van der Waals surface area contributed by atoms with Gasteiger partial charge in [-0.1, -0.05) is 35.9 Å². The Morgan fingerprint density at radius 3 is 2.37 bits per heavy atom. The number of Topliss-reactive ketones (excluding diaryl/α,β-unsaturated/α-hetero) is 1. The van der Waals surface area contributed by atoms with E-state index in [1.807, 2.05) is 39.8 Å². The predicted molar refractivity (Wildman–Crippen MR) is 119 cm³/mol. The molecule has 2 aromatic carbocycles. The number of hydrogen-bond donors (Lipinski definition) is 1. The average molecular weight is 424 g/mol. The van der Waals surface area contributed by atoms with E-state index in [0.717, 1.165) is 23.1 Å². The van der Waals surface area contributed by atoms with Gasteiger partial charge in [-0.2, -0.15) is 0 Å². The molecule has 1 heterocycles. The first-order valence-corrected chi connectivity index (χ1v) is 10.8. The van der Waals surface area contributed by atoms with Gasteiger partial charge in [0.05, 0.1) is 5.25 Å². The second-order valence-electron chi connectivity index (χ2n) is 7.25. The molecule has 0 fully saturated rings. The van der Waals surface area contributed by atoms with Crippen molar-refractivity contribution in [3.63, 3.8) is 0 Å². The van der Waals surface area contributed by atoms with Gasteiger partial charge >= 0.3 is 0 Å². The summed E-state index contributed by atoms with van der Waals surface area (Å²) in [5.41, 5.74) is 4.36. The molecule has 6 nitrogen and oxygen atoms in total. The van der Waals surface area contributed by atoms with Gasteiger partial charge in [-0.05, 0) is 63.6 Å². The minimum Gasteiger partial charge on any atom is -0.411 e. The van der Waals surface area contributed by atoms with Crippen LogP contribution >= 0.6 is 11.8 Å². The molecular weight excluding hydrogens is 398 g/mol. The van der Waals surface area contributed by atoms with Gasteiger partial charge in [0.2, 0.25) is 11.8 Å². The summed E-state index contributed by atoms with van der Waals surface area (Å²) in [6.07, 6.45) is 1.26. The van der Waals surface area contributed by atoms with Crippen LogP contribution in [0.5, 0.6) is 0 Å². The van der Waals surface area contributed by atoms with Crippen LogP contribution in [0.2, 0.25) is 0 Å². The third kappa shape index (κ3) is 5.57. The van der Waals surface area contributed by atoms with Crippen molar-refractivity contribution in [3.8, 4) is 11.5 Å². The van der Waals surface area contributed by atoms with Crippen LogP contribution in [0.4, 0.5) is 5.69 Å². The van der Waals surface area contributed by atoms with E-state index in [1.54, 1.807) is 24.3 Å². The van der Waals surface area contributed by atoms with E-state index in [2.05, 4.69) is 21.6 Å². The van der Waals surface area contributed by atoms with Gasteiger partial charge in [0.25, 0.3) is 5.22 Å². The van der Waals surface area contributed by atoms with E-state index < -0.39 is 5.25 Å². The van der Waals surface area contributed by atoms with Gasteiger partial charge in [0.1, 0.15) is 0 Å². The first-order valence-electron chi connectivity index (χ1n) is 9.88. The minimum absolute atomic E-state index is 0.0310. The summed E-state index contributed by atoms with van der Waals surface area (Å²) in [6, 6.07) is 13.0. The highest BCUT2D eigenvalue weighted by atomic mass is 32.2. The van der Waals surface area contributed by atoms with E-state index in [4.69, 9.17) is 4.42 Å². The number of aryl methyl sites for hydroxylation is 2. The molecule has 1 aromatic heterocycles. The van der Waals surface area contributed by atoms with Crippen LogP contribution in [0.25, 0.3) is 11.5 Å². The fraction of sp³-hybridized carbons (Fsp3) is 0.304. The van der Waals surface area contributed by atoms with Crippen molar-refractivity contribution < 1.29 is 14.0 Å². The number of thioether (sulfide) groups is 1. The summed E-state index contributed by atoms with van der Waals surface area (Å²) >= 11 is 1.23. The van der Waals surface area contributed by atoms with Crippen LogP contribution in [0.1, 0.15) is 48.2 Å². The summed E-state index contributed by atoms with van der Waals surface area (Å²) in [5, 5.41) is 11.0. The SMILES string of the molecule is CCCC(=O)Nc1ccc(C(=O)C(C)Sc2nnc(-c3cc(C)cc(C)c3)o2)cc1. The molecule has 1 amide bonds. The lowest BCUT2D eigenvalue weighted by Gasteiger charge is -2.09. The van der Waals surface area contributed by atoms with E-state index >= 15 is 0 Å². The Morgan fingerprint density at radius 1 is 1.07 bits per heavy atom. The summed E-state index contributed by atoms with van der Waals surface area (Å²) in [5.74, 6) is 0.366. The molecule has 0 saturated heterocycles. The van der Waals surface area contributed by atoms with Crippen molar-refractivity contribution in [3.05, 3.63) is 59.2 Å². The van der Waals surface area contributed by atoms with Gasteiger partial charge in [0, 0.05) is 23.2 Å². The highest BCUT2D eigenvalue weighted by Crippen LogP contribution is 2.28. The van der Waals surface area contributed by atoms with Crippen molar-refractivity contribution in [1.82, 2.24) is 10.2 Å². The molecule has 0 aliphatic carbocycles. The molecule has 30 heavy (non-hydrogen) atoms. The standard InChI is InChI=1S/C23H25N3O3S/c1-5-6-20(27)24-19-9-7-17(8-10-19)21(28)16(4)30-23-26-25-22(29-23)18-12-14(2)11-15(3)13-18/h7-13,16H,5-6H2,1-4H3,(H,24,27). The zero-order valence-corrected chi connectivity index (χ0v) is 18.4. The first kappa shape index (κ1) is 21.8. The molecule has 1 N–H and O–H groups in total. The Bertz CT molecular complexity index is 1020. The number of hydrogen-bond acceptors (Lipinski definition) is 6. The number of rotatable bonds is 8. The third-order valence-corrected chi connectivity index (χ3v) is 5.39. The van der Waals surface area contributed by atoms with Gasteiger partial charge < -0.3 is 9.73 Å². The maximum absolute atomic E-state index is 12.8. The summed E-state index contributed by atoms with van der Waals surface area (Å²) in [6.45, 7) is 7.80. The number of nitrogens with one attached hydrogen (secondary N) is 1. The zero-order valence-electron chi connectivity index (χ0n) is 17.6. The maximum Gasteiger partial charge on any atom is 0.277 e. The molecule has 1 unspecified atom stereocenters. The van der Waals surface area contributed by atoms with Crippen molar-refractivity contribution >= 4 is 29.1 Å². The van der Waals surface area contributed by atoms with Crippen molar-refractivity contribution in [2.45, 2.75) is 51.0 Å². The minimum atomic E-state index is -0.391. The maximum atomic E-state index is 12.8. The van der Waals surface area contributed by atoms with Gasteiger partial charge in [0.15, 0.2) is 5.78 Å². The zero-order chi connectivity index (χ0) is 21.7. The van der Waals surface area contributed by atoms with Gasteiger partial charge in [-0.15, -0.1) is 10.2 Å². The normalized spacial score (nSPS) is 11.9. The summed E-state index contributed by atoms with van der Waals surface area (Å²) in [4.78, 5) is 24.4. The van der Waals surface area contributed by atoms with Crippen LogP contribution in [-0.4, -0.2) is 27.1 Å². The lowest BCUT2D eigenvalue weighted by atomic mass is 10.1. The molecule has 3 rings (SSSR count). The molecular formula is C23H25N3O3S. The second-order valence-corrected chi connectivity index (χ2v) is 8.54. The van der Waals surface area contributed by atoms with E-state index in [-0.39, 0.29) is 11.7 Å². The lowest BCUT2D eigenvalue weighted by molar-refractivity contribution is -0.116. The second kappa shape index (κ2) is 9.71. The lowest BCUT2D eigenvalue weighted by Crippen LogP contribution is -2.14. The van der Waals surface area contributed by atoms with Crippen LogP contribution in [0.15, 0.2) is 52.1 Å². The Kier molecular flexibility index (Phi) is 7.05. The first-order chi connectivity index (χ1) is 14.4. The molecule has 7 heteroatoms.